The molecule has 0 aliphatic carbocycles. The molecule has 4 aromatic rings. The Kier molecular flexibility index (Phi) is 25.0. The fourth-order valence-electron chi connectivity index (χ4n) is 14.1. The van der Waals surface area contributed by atoms with Crippen LogP contribution in [0.5, 0.6) is 0 Å². The van der Waals surface area contributed by atoms with Gasteiger partial charge in [-0.15, -0.1) is 0 Å². The van der Waals surface area contributed by atoms with Gasteiger partial charge in [0.2, 0.25) is 17.7 Å². The third-order valence-electron chi connectivity index (χ3n) is 19.3. The van der Waals surface area contributed by atoms with Crippen LogP contribution >= 0.6 is 35.3 Å². The number of nitrogens with zero attached hydrogens (tertiary/aromatic N) is 3. The molecule has 3 amide bonds. The number of amides is 3. The van der Waals surface area contributed by atoms with Gasteiger partial charge in [-0.2, -0.15) is 35.3 Å². The van der Waals surface area contributed by atoms with E-state index in [1.807, 2.05) is 62.3 Å². The number of carbonyl (C=O) groups excluding carboxylic acids is 3. The molecule has 0 aromatic heterocycles. The third kappa shape index (κ3) is 19.3. The largest absolute Gasteiger partial charge is 0.371 e. The summed E-state index contributed by atoms with van der Waals surface area (Å²) >= 11 is 6.46. The van der Waals surface area contributed by atoms with Crippen molar-refractivity contribution in [2.24, 2.45) is 16.2 Å². The number of fused-ring (bicyclic) bond motifs is 8. The van der Waals surface area contributed by atoms with E-state index in [4.69, 9.17) is 4.74 Å². The van der Waals surface area contributed by atoms with E-state index >= 15 is 0 Å². The molecule has 16 heteroatoms. The van der Waals surface area contributed by atoms with Crippen LogP contribution < -0.4 is 0 Å². The lowest BCUT2D eigenvalue weighted by atomic mass is 9.87. The predicted molar refractivity (Wildman–Crippen MR) is 422 cm³/mol. The first-order valence-electron chi connectivity index (χ1n) is 35.0. The zero-order valence-corrected chi connectivity index (χ0v) is 68.4. The Morgan fingerprint density at radius 1 is 0.337 bits per heavy atom. The van der Waals surface area contributed by atoms with Crippen molar-refractivity contribution in [2.75, 3.05) is 98.5 Å². The van der Waals surface area contributed by atoms with Gasteiger partial charge in [0, 0.05) is 105 Å². The summed E-state index contributed by atoms with van der Waals surface area (Å²) in [5.41, 5.74) is 5.38. The number of thioether (sulfide) groups is 3. The van der Waals surface area contributed by atoms with Crippen molar-refractivity contribution >= 4 is 107 Å². The van der Waals surface area contributed by atoms with Crippen LogP contribution in [0.4, 0.5) is 0 Å². The van der Waals surface area contributed by atoms with Crippen LogP contribution in [0.2, 0.25) is 0 Å². The van der Waals surface area contributed by atoms with E-state index in [-0.39, 0.29) is 82.4 Å². The number of rotatable bonds is 4. The summed E-state index contributed by atoms with van der Waals surface area (Å²) in [6.07, 6.45) is 0. The molecule has 8 aliphatic rings. The number of carbonyl (C=O) groups is 3. The molecule has 0 saturated carbocycles. The molecule has 4 atom stereocenters. The topological polar surface area (TPSA) is 87.2 Å². The molecule has 524 valence electrons. The third-order valence-corrected chi connectivity index (χ3v) is 37.9. The van der Waals surface area contributed by atoms with Gasteiger partial charge in [-0.1, -0.05) is 194 Å². The summed E-state index contributed by atoms with van der Waals surface area (Å²) in [4.78, 5) is 51.2. The smallest absolute Gasteiger partial charge is 0.228 e. The number of benzene rings is 4. The lowest BCUT2D eigenvalue weighted by Gasteiger charge is -2.46. The van der Waals surface area contributed by atoms with Crippen LogP contribution in [-0.2, 0) is 95.2 Å². The van der Waals surface area contributed by atoms with Crippen LogP contribution in [-0.4, -0.2) is 177 Å². The van der Waals surface area contributed by atoms with Gasteiger partial charge >= 0.3 is 0 Å². The Hall–Kier alpha value is -2.15. The summed E-state index contributed by atoms with van der Waals surface area (Å²) < 4.78 is 17.6. The highest BCUT2D eigenvalue weighted by Crippen LogP contribution is 2.43. The molecule has 95 heavy (non-hydrogen) atoms. The zero-order valence-electron chi connectivity index (χ0n) is 61.8. The first-order chi connectivity index (χ1) is 44.2. The summed E-state index contributed by atoms with van der Waals surface area (Å²) in [7, 11) is 0.435. The minimum atomic E-state index is -0.635. The maximum atomic E-state index is 13.1. The van der Waals surface area contributed by atoms with Gasteiger partial charge in [0.25, 0.3) is 0 Å². The molecule has 0 radical (unpaired) electrons. The molecule has 8 nitrogen and oxygen atoms in total. The Morgan fingerprint density at radius 3 is 0.789 bits per heavy atom. The summed E-state index contributed by atoms with van der Waals surface area (Å²) in [6.45, 7) is 51.7. The van der Waals surface area contributed by atoms with E-state index in [0.29, 0.717) is 48.3 Å². The summed E-state index contributed by atoms with van der Waals surface area (Å²) in [6, 6.07) is 37.2. The molecule has 8 aliphatic heterocycles. The van der Waals surface area contributed by atoms with Gasteiger partial charge in [-0.05, 0) is 92.4 Å². The lowest BCUT2D eigenvalue weighted by Crippen LogP contribution is -2.66. The van der Waals surface area contributed by atoms with Crippen LogP contribution in [0.3, 0.4) is 0 Å². The van der Waals surface area contributed by atoms with Crippen molar-refractivity contribution in [3.63, 3.8) is 0 Å². The Morgan fingerprint density at radius 2 is 0.547 bits per heavy atom. The Labute approximate surface area is 603 Å². The summed E-state index contributed by atoms with van der Waals surface area (Å²) in [5.74, 6) is 10.3. The van der Waals surface area contributed by atoms with E-state index in [0.717, 1.165) is 74.5 Å². The average Bonchev–Trinajstić information content (AvgIpc) is 0.766. The van der Waals surface area contributed by atoms with Gasteiger partial charge in [0.1, 0.15) is 21.0 Å². The first-order valence-corrected chi connectivity index (χ1v) is 45.4. The van der Waals surface area contributed by atoms with Crippen molar-refractivity contribution in [1.29, 1.82) is 0 Å². The van der Waals surface area contributed by atoms with Crippen molar-refractivity contribution in [3.05, 3.63) is 119 Å². The zero-order chi connectivity index (χ0) is 69.5. The second-order valence-electron chi connectivity index (χ2n) is 34.9. The van der Waals surface area contributed by atoms with Crippen LogP contribution in [0.25, 0.3) is 0 Å². The highest BCUT2D eigenvalue weighted by atomic mass is 32.2. The monoisotopic (exact) mass is 1450 g/mol. The fraction of sp³-hybridized carbons (Fsp3) is 0.658. The Balaban J connectivity index is 0.000000152. The van der Waals surface area contributed by atoms with Crippen LogP contribution in [0.15, 0.2) is 117 Å². The number of ether oxygens (including phenoxy) is 1. The molecular formula is C79H119N3O5S8+4. The maximum Gasteiger partial charge on any atom is 0.228 e. The van der Waals surface area contributed by atoms with E-state index in [2.05, 4.69) is 230 Å². The van der Waals surface area contributed by atoms with E-state index in [1.165, 1.54) is 71.5 Å². The molecule has 8 bridgehead atoms. The first kappa shape index (κ1) is 77.0. The average molecular weight is 1450 g/mol. The van der Waals surface area contributed by atoms with Crippen molar-refractivity contribution in [2.45, 2.75) is 229 Å². The SMILES string of the molecule is CC(C)(C)C(=O)N1CC2CN(C(=O)C(C)(C)C)CC(C1)[S+]2c1ccc(C(C)(C)C)cc1.CC(C)(C)C(=O)N1CC2CSCC(C1)[S+]2c1ccc(C(C)(C)C)cc1.CC(C)(C)c1ccc([S+]2C3COCC2CS(=O)C3)cc1.CC(C)(C)c1ccc([S+]2C3CSCC2CSC3)cc1. The second kappa shape index (κ2) is 30.8. The second-order valence-corrected chi connectivity index (χ2v) is 49.8. The summed E-state index contributed by atoms with van der Waals surface area (Å²) in [5, 5.41) is 4.61. The van der Waals surface area contributed by atoms with E-state index in [1.54, 1.807) is 4.90 Å². The Bertz CT molecular complexity index is 3150. The minimum Gasteiger partial charge on any atom is -0.371 e. The molecule has 0 spiro atoms. The van der Waals surface area contributed by atoms with Crippen molar-refractivity contribution < 1.29 is 23.3 Å². The molecule has 8 heterocycles. The molecule has 0 N–H and O–H groups in total. The normalized spacial score (nSPS) is 28.7. The predicted octanol–water partition coefficient (Wildman–Crippen LogP) is 15.5. The molecule has 8 saturated heterocycles. The minimum absolute atomic E-state index is 0.0453. The van der Waals surface area contributed by atoms with Crippen molar-refractivity contribution in [1.82, 2.24) is 14.7 Å². The molecular weight excluding hydrogens is 1330 g/mol. The number of hydrogen-bond acceptors (Lipinski definition) is 8. The van der Waals surface area contributed by atoms with Gasteiger partial charge in [0.05, 0.1) is 64.0 Å². The van der Waals surface area contributed by atoms with E-state index in [9.17, 15) is 18.6 Å². The molecule has 4 aromatic carbocycles. The highest BCUT2D eigenvalue weighted by Gasteiger charge is 2.56. The molecule has 8 fully saturated rings. The number of hydrogen-bond donors (Lipinski definition) is 0. The van der Waals surface area contributed by atoms with E-state index < -0.39 is 10.8 Å². The maximum absolute atomic E-state index is 13.1. The highest BCUT2D eigenvalue weighted by molar-refractivity contribution is 8.09. The van der Waals surface area contributed by atoms with Gasteiger partial charge in [0.15, 0.2) is 40.6 Å². The lowest BCUT2D eigenvalue weighted by molar-refractivity contribution is -0.142. The van der Waals surface area contributed by atoms with Crippen LogP contribution in [0, 0.1) is 16.2 Å². The molecule has 4 unspecified atom stereocenters. The van der Waals surface area contributed by atoms with Crippen molar-refractivity contribution in [3.8, 4) is 0 Å². The van der Waals surface area contributed by atoms with Gasteiger partial charge < -0.3 is 19.4 Å². The fourth-order valence-corrected chi connectivity index (χ4v) is 35.2. The molecule has 12 rings (SSSR count). The van der Waals surface area contributed by atoms with Crippen LogP contribution in [0.1, 0.15) is 168 Å². The van der Waals surface area contributed by atoms with Gasteiger partial charge in [-0.3, -0.25) is 18.6 Å². The quantitative estimate of drug-likeness (QED) is 0.187. The standard InChI is InChI=1S/C26H41N2O2S.C21H32NOS2.C16H23O2S2.C16H23S3/c1-24(2,3)18-10-12-19(13-11-18)31-20-14-27(22(29)25(4,5)6)15-21(31)17-28(16-20)23(30)26(7,8)9;1-20(2,3)15-7-9-16(10-8-15)25-17-11-22(19(23)21(4,5)6)12-18(25)14-24-13-17;1-16(2,3)12-4-6-13(7-5-12)20-14-8-18-9-15(20)11-19(17)10-14;1-16(2,3)12-4-6-13(7-5-12)19-14-8-17-10-15(19)11-18-9-14/h10-13,20-21H,14-17H2,1-9H3;7-10,17-18H,11-14H2,1-6H3;4-7,14-15H,8-11H2,1-3H3;4-7,14-15H,8-11H2,1-3H3/q4*+1. The van der Waals surface area contributed by atoms with Gasteiger partial charge in [-0.25, -0.2) is 0 Å².